The van der Waals surface area contributed by atoms with Gasteiger partial charge in [0, 0.05) is 12.1 Å². The molecule has 0 heterocycles. The average Bonchev–Trinajstić information content (AvgIpc) is 3.31. The minimum atomic E-state index is -0.259. The molecule has 226 valence electrons. The maximum Gasteiger partial charge on any atom is 0.226 e. The molecule has 5 N–H and O–H groups in total. The number of aliphatic hydroxyl groups excluding tert-OH is 1. The van der Waals surface area contributed by atoms with Crippen LogP contribution in [0.1, 0.15) is 110 Å². The first-order valence-corrected chi connectivity index (χ1v) is 16.4. The number of nitrogens with zero attached hydrogens (tertiary/aromatic N) is 1. The van der Waals surface area contributed by atoms with E-state index in [2.05, 4.69) is 45.1 Å². The molecule has 5 aliphatic rings. The highest BCUT2D eigenvalue weighted by Gasteiger charge is 2.67. The number of carbonyl (C=O) groups excluding carboxylic acids is 1. The van der Waals surface area contributed by atoms with E-state index >= 15 is 0 Å². The van der Waals surface area contributed by atoms with Crippen molar-refractivity contribution in [1.82, 2.24) is 5.32 Å². The van der Waals surface area contributed by atoms with Crippen molar-refractivity contribution in [2.24, 2.45) is 68.1 Å². The van der Waals surface area contributed by atoms with E-state index in [1.54, 1.807) is 0 Å². The molecule has 0 bridgehead atoms. The van der Waals surface area contributed by atoms with Crippen LogP contribution >= 0.6 is 0 Å². The largest absolute Gasteiger partial charge is 0.409 e. The molecule has 10 unspecified atom stereocenters. The van der Waals surface area contributed by atoms with Crippen LogP contribution in [-0.2, 0) is 11.3 Å². The summed E-state index contributed by atoms with van der Waals surface area (Å²) in [5.41, 5.74) is 7.78. The van der Waals surface area contributed by atoms with Gasteiger partial charge in [-0.05, 0) is 128 Å². The second-order valence-electron chi connectivity index (χ2n) is 16.0. The van der Waals surface area contributed by atoms with Crippen molar-refractivity contribution < 1.29 is 15.1 Å². The van der Waals surface area contributed by atoms with E-state index in [1.807, 2.05) is 24.3 Å². The first-order valence-electron chi connectivity index (χ1n) is 16.4. The number of nitrogens with one attached hydrogen (secondary N) is 1. The third kappa shape index (κ3) is 4.20. The van der Waals surface area contributed by atoms with Gasteiger partial charge in [0.1, 0.15) is 0 Å². The molecule has 0 radical (unpaired) electrons. The topological polar surface area (TPSA) is 108 Å². The molecule has 0 saturated heterocycles. The van der Waals surface area contributed by atoms with Crippen molar-refractivity contribution in [1.29, 1.82) is 0 Å². The number of hydrogen-bond donors (Lipinski definition) is 4. The van der Waals surface area contributed by atoms with Crippen molar-refractivity contribution in [2.45, 2.75) is 111 Å². The first-order chi connectivity index (χ1) is 19.4. The third-order valence-corrected chi connectivity index (χ3v) is 14.1. The highest BCUT2D eigenvalue weighted by atomic mass is 16.4. The Morgan fingerprint density at radius 3 is 2.46 bits per heavy atom. The Kier molecular flexibility index (Phi) is 7.07. The first kappa shape index (κ1) is 29.0. The fraction of sp³-hybridized carbons (Fsp3) is 0.771. The van der Waals surface area contributed by atoms with Crippen LogP contribution in [0, 0.1) is 57.2 Å². The highest BCUT2D eigenvalue weighted by molar-refractivity contribution is 5.97. The van der Waals surface area contributed by atoms with E-state index in [1.165, 1.54) is 32.1 Å². The predicted molar refractivity (Wildman–Crippen MR) is 162 cm³/mol. The Morgan fingerprint density at radius 1 is 0.976 bits per heavy atom. The van der Waals surface area contributed by atoms with E-state index in [-0.39, 0.29) is 28.7 Å². The zero-order valence-electron chi connectivity index (χ0n) is 26.0. The number of carbonyl (C=O) groups is 1. The standard InChI is InChI=1S/C35H53N3O3/c1-21-11-17-35(31(40)37-20-22-7-6-8-23(19-22)30(36)38-41)18-12-25-24(29(21)35)9-10-27-33(25,4)15-13-26-32(2,3)28(39)14-16-34(26,27)5/h6-8,19,21,24-29,39,41H,9-18,20H2,1-5H3,(H2,36,38)(H,37,40). The van der Waals surface area contributed by atoms with Gasteiger partial charge in [-0.15, -0.1) is 0 Å². The molecule has 10 atom stereocenters. The van der Waals surface area contributed by atoms with Gasteiger partial charge in [-0.2, -0.15) is 0 Å². The molecule has 6 rings (SSSR count). The molecule has 1 aromatic rings. The molecular weight excluding hydrogens is 510 g/mol. The SMILES string of the molecule is CC1CCC2(C(=O)NCc3cccc(/C(N)=N/O)c3)CCC3C(CCC4C3(C)CCC3C(C)(C)C(O)CCC34C)C12. The number of hydrogen-bond acceptors (Lipinski definition) is 4. The molecule has 0 aromatic heterocycles. The van der Waals surface area contributed by atoms with E-state index in [0.29, 0.717) is 58.4 Å². The summed E-state index contributed by atoms with van der Waals surface area (Å²) in [6.45, 7) is 12.8. The van der Waals surface area contributed by atoms with E-state index in [9.17, 15) is 9.90 Å². The van der Waals surface area contributed by atoms with Crippen molar-refractivity contribution in [3.05, 3.63) is 35.4 Å². The van der Waals surface area contributed by atoms with Crippen molar-refractivity contribution in [3.63, 3.8) is 0 Å². The van der Waals surface area contributed by atoms with Gasteiger partial charge in [0.05, 0.1) is 11.5 Å². The lowest BCUT2D eigenvalue weighted by Crippen LogP contribution is -2.64. The number of rotatable bonds is 4. The summed E-state index contributed by atoms with van der Waals surface area (Å²) in [7, 11) is 0. The number of amidine groups is 1. The maximum atomic E-state index is 14.2. The molecule has 6 heteroatoms. The van der Waals surface area contributed by atoms with Gasteiger partial charge < -0.3 is 21.4 Å². The van der Waals surface area contributed by atoms with Crippen LogP contribution in [0.15, 0.2) is 29.4 Å². The summed E-state index contributed by atoms with van der Waals surface area (Å²) in [4.78, 5) is 14.2. The second-order valence-corrected chi connectivity index (χ2v) is 16.0. The molecule has 0 aliphatic heterocycles. The number of fused-ring (bicyclic) bond motifs is 7. The lowest BCUT2D eigenvalue weighted by Gasteiger charge is -2.69. The van der Waals surface area contributed by atoms with Crippen molar-refractivity contribution in [3.8, 4) is 0 Å². The average molecular weight is 564 g/mol. The molecule has 0 spiro atoms. The number of aliphatic hydroxyl groups is 1. The zero-order valence-corrected chi connectivity index (χ0v) is 26.0. The smallest absolute Gasteiger partial charge is 0.226 e. The molecule has 6 nitrogen and oxygen atoms in total. The van der Waals surface area contributed by atoms with E-state index in [0.717, 1.165) is 37.7 Å². The maximum absolute atomic E-state index is 14.2. The zero-order chi connectivity index (χ0) is 29.4. The van der Waals surface area contributed by atoms with Gasteiger partial charge in [0.2, 0.25) is 5.91 Å². The van der Waals surface area contributed by atoms with Gasteiger partial charge in [-0.1, -0.05) is 58.0 Å². The fourth-order valence-corrected chi connectivity index (χ4v) is 12.3. The normalized spacial score (nSPS) is 45.1. The number of amides is 1. The van der Waals surface area contributed by atoms with Gasteiger partial charge >= 0.3 is 0 Å². The van der Waals surface area contributed by atoms with Crippen LogP contribution in [0.4, 0.5) is 0 Å². The van der Waals surface area contributed by atoms with Crippen LogP contribution in [-0.4, -0.2) is 28.2 Å². The Morgan fingerprint density at radius 2 is 1.71 bits per heavy atom. The number of benzene rings is 1. The summed E-state index contributed by atoms with van der Waals surface area (Å²) in [6, 6.07) is 7.59. The monoisotopic (exact) mass is 563 g/mol. The molecule has 5 fully saturated rings. The number of oxime groups is 1. The Bertz CT molecular complexity index is 1210. The van der Waals surface area contributed by atoms with Crippen LogP contribution < -0.4 is 11.1 Å². The quantitative estimate of drug-likeness (QED) is 0.146. The molecule has 1 aromatic carbocycles. The van der Waals surface area contributed by atoms with Crippen LogP contribution in [0.5, 0.6) is 0 Å². The summed E-state index contributed by atoms with van der Waals surface area (Å²) < 4.78 is 0. The summed E-state index contributed by atoms with van der Waals surface area (Å²) in [6.07, 6.45) is 11.3. The minimum Gasteiger partial charge on any atom is -0.409 e. The van der Waals surface area contributed by atoms with Gasteiger partial charge in [0.25, 0.3) is 0 Å². The minimum absolute atomic E-state index is 0.0128. The molecule has 41 heavy (non-hydrogen) atoms. The summed E-state index contributed by atoms with van der Waals surface area (Å²) in [5.74, 6) is 3.97. The third-order valence-electron chi connectivity index (χ3n) is 14.1. The van der Waals surface area contributed by atoms with E-state index in [4.69, 9.17) is 10.9 Å². The Hall–Kier alpha value is -2.08. The van der Waals surface area contributed by atoms with Gasteiger partial charge in [0.15, 0.2) is 5.84 Å². The Labute approximate surface area is 246 Å². The number of nitrogens with two attached hydrogens (primary N) is 1. The highest BCUT2D eigenvalue weighted by Crippen LogP contribution is 2.73. The molecule has 1 amide bonds. The van der Waals surface area contributed by atoms with Crippen LogP contribution in [0.3, 0.4) is 0 Å². The second kappa shape index (κ2) is 9.99. The summed E-state index contributed by atoms with van der Waals surface area (Å²) >= 11 is 0. The Balaban J connectivity index is 1.23. The molecule has 5 aliphatic carbocycles. The lowest BCUT2D eigenvalue weighted by molar-refractivity contribution is -0.216. The van der Waals surface area contributed by atoms with Crippen LogP contribution in [0.25, 0.3) is 0 Å². The van der Waals surface area contributed by atoms with E-state index < -0.39 is 0 Å². The molecular formula is C35H53N3O3. The fourth-order valence-electron chi connectivity index (χ4n) is 12.3. The van der Waals surface area contributed by atoms with Crippen LogP contribution in [0.2, 0.25) is 0 Å². The lowest BCUT2D eigenvalue weighted by atomic mass is 9.36. The van der Waals surface area contributed by atoms with Crippen molar-refractivity contribution >= 4 is 11.7 Å². The predicted octanol–water partition coefficient (Wildman–Crippen LogP) is 6.47. The van der Waals surface area contributed by atoms with Crippen molar-refractivity contribution in [2.75, 3.05) is 0 Å². The van der Waals surface area contributed by atoms with Gasteiger partial charge in [-0.25, -0.2) is 0 Å². The molecule has 5 saturated carbocycles. The van der Waals surface area contributed by atoms with Gasteiger partial charge in [-0.3, -0.25) is 4.79 Å². The summed E-state index contributed by atoms with van der Waals surface area (Å²) in [5, 5.41) is 26.5.